The van der Waals surface area contributed by atoms with Crippen LogP contribution in [-0.4, -0.2) is 14.8 Å². The van der Waals surface area contributed by atoms with Crippen LogP contribution >= 0.6 is 12.2 Å². The summed E-state index contributed by atoms with van der Waals surface area (Å²) >= 11 is 4.82. The molecule has 20 heavy (non-hydrogen) atoms. The highest BCUT2D eigenvalue weighted by atomic mass is 32.1. The maximum Gasteiger partial charge on any atom is 0.146 e. The summed E-state index contributed by atoms with van der Waals surface area (Å²) in [6.45, 7) is 4.45. The summed E-state index contributed by atoms with van der Waals surface area (Å²) in [4.78, 5) is 0.189. The van der Waals surface area contributed by atoms with Gasteiger partial charge in [-0.3, -0.25) is 4.68 Å². The van der Waals surface area contributed by atoms with Crippen LogP contribution in [0.4, 0.5) is 10.1 Å². The van der Waals surface area contributed by atoms with E-state index in [9.17, 15) is 4.39 Å². The van der Waals surface area contributed by atoms with Gasteiger partial charge in [0.2, 0.25) is 0 Å². The van der Waals surface area contributed by atoms with E-state index in [0.29, 0.717) is 17.8 Å². The fraction of sp³-hybridized carbons (Fsp3) is 0.286. The van der Waals surface area contributed by atoms with Crippen molar-refractivity contribution < 1.29 is 4.39 Å². The largest absolute Gasteiger partial charge is 0.389 e. The lowest BCUT2D eigenvalue weighted by Gasteiger charge is -2.09. The van der Waals surface area contributed by atoms with Crippen LogP contribution in [0.1, 0.15) is 22.5 Å². The lowest BCUT2D eigenvalue weighted by molar-refractivity contribution is 0.630. The standard InChI is InChI=1S/C14H17FN4S/c1-8-11(9(2)19(3)18-8)7-17-13-5-4-10(14(16)20)6-12(13)15/h4-6,17H,7H2,1-3H3,(H2,16,20). The van der Waals surface area contributed by atoms with E-state index in [0.717, 1.165) is 17.0 Å². The normalized spacial score (nSPS) is 10.6. The van der Waals surface area contributed by atoms with E-state index in [1.165, 1.54) is 6.07 Å². The van der Waals surface area contributed by atoms with Crippen molar-refractivity contribution in [1.29, 1.82) is 0 Å². The topological polar surface area (TPSA) is 55.9 Å². The van der Waals surface area contributed by atoms with Crippen LogP contribution in [0.25, 0.3) is 0 Å². The molecule has 1 aromatic carbocycles. The molecule has 0 saturated carbocycles. The summed E-state index contributed by atoms with van der Waals surface area (Å²) in [5.74, 6) is -0.366. The van der Waals surface area contributed by atoms with Crippen molar-refractivity contribution in [2.75, 3.05) is 5.32 Å². The van der Waals surface area contributed by atoms with E-state index in [-0.39, 0.29) is 10.8 Å². The van der Waals surface area contributed by atoms with Crippen molar-refractivity contribution in [1.82, 2.24) is 9.78 Å². The van der Waals surface area contributed by atoms with Gasteiger partial charge in [-0.2, -0.15) is 5.10 Å². The number of nitrogens with two attached hydrogens (primary N) is 1. The molecule has 0 unspecified atom stereocenters. The second-order valence-electron chi connectivity index (χ2n) is 4.69. The second-order valence-corrected chi connectivity index (χ2v) is 5.13. The maximum absolute atomic E-state index is 13.9. The Labute approximate surface area is 122 Å². The van der Waals surface area contributed by atoms with E-state index in [4.69, 9.17) is 18.0 Å². The molecule has 106 valence electrons. The van der Waals surface area contributed by atoms with Gasteiger partial charge in [0.15, 0.2) is 0 Å². The molecule has 0 aliphatic rings. The quantitative estimate of drug-likeness (QED) is 0.850. The first-order valence-corrected chi connectivity index (χ1v) is 6.63. The number of hydrogen-bond donors (Lipinski definition) is 2. The molecule has 0 fully saturated rings. The molecule has 0 atom stereocenters. The van der Waals surface area contributed by atoms with Gasteiger partial charge in [-0.1, -0.05) is 12.2 Å². The third-order valence-electron chi connectivity index (χ3n) is 3.37. The SMILES string of the molecule is Cc1nn(C)c(C)c1CNc1ccc(C(N)=S)cc1F. The zero-order chi connectivity index (χ0) is 14.9. The van der Waals surface area contributed by atoms with Crippen LogP contribution in [0.15, 0.2) is 18.2 Å². The lowest BCUT2D eigenvalue weighted by atomic mass is 10.1. The molecular weight excluding hydrogens is 275 g/mol. The first kappa shape index (κ1) is 14.5. The third kappa shape index (κ3) is 2.80. The summed E-state index contributed by atoms with van der Waals surface area (Å²) in [6, 6.07) is 4.69. The van der Waals surface area contributed by atoms with Crippen LogP contribution < -0.4 is 11.1 Å². The number of aromatic nitrogens is 2. The maximum atomic E-state index is 13.9. The number of nitrogens with one attached hydrogen (secondary N) is 1. The minimum absolute atomic E-state index is 0.189. The van der Waals surface area contributed by atoms with E-state index < -0.39 is 0 Å². The van der Waals surface area contributed by atoms with Crippen LogP contribution in [-0.2, 0) is 13.6 Å². The van der Waals surface area contributed by atoms with Crippen LogP contribution in [0, 0.1) is 19.7 Å². The number of anilines is 1. The minimum Gasteiger partial charge on any atom is -0.389 e. The predicted octanol–water partition coefficient (Wildman–Crippen LogP) is 2.42. The van der Waals surface area contributed by atoms with Gasteiger partial charge in [0.25, 0.3) is 0 Å². The smallest absolute Gasteiger partial charge is 0.146 e. The Kier molecular flexibility index (Phi) is 4.04. The summed E-state index contributed by atoms with van der Waals surface area (Å²) < 4.78 is 15.7. The molecule has 0 bridgehead atoms. The van der Waals surface area contributed by atoms with E-state index in [1.54, 1.807) is 12.1 Å². The Balaban J connectivity index is 2.17. The summed E-state index contributed by atoms with van der Waals surface area (Å²) in [5.41, 5.74) is 9.50. The molecule has 4 nitrogen and oxygen atoms in total. The molecular formula is C14H17FN4S. The van der Waals surface area contributed by atoms with Crippen LogP contribution in [0.2, 0.25) is 0 Å². The first-order valence-electron chi connectivity index (χ1n) is 6.22. The predicted molar refractivity (Wildman–Crippen MR) is 82.3 cm³/mol. The number of halogens is 1. The lowest BCUT2D eigenvalue weighted by Crippen LogP contribution is -2.10. The van der Waals surface area contributed by atoms with Crippen molar-refractivity contribution in [3.8, 4) is 0 Å². The van der Waals surface area contributed by atoms with Gasteiger partial charge >= 0.3 is 0 Å². The highest BCUT2D eigenvalue weighted by Gasteiger charge is 2.10. The van der Waals surface area contributed by atoms with Gasteiger partial charge in [-0.25, -0.2) is 4.39 Å². The Bertz CT molecular complexity index is 663. The van der Waals surface area contributed by atoms with Crippen molar-refractivity contribution >= 4 is 22.9 Å². The van der Waals surface area contributed by atoms with Gasteiger partial charge in [0, 0.05) is 30.4 Å². The first-order chi connectivity index (χ1) is 9.40. The Hall–Kier alpha value is -1.95. The molecule has 0 spiro atoms. The van der Waals surface area contributed by atoms with Gasteiger partial charge in [-0.05, 0) is 32.0 Å². The minimum atomic E-state index is -0.366. The van der Waals surface area contributed by atoms with Crippen molar-refractivity contribution in [2.24, 2.45) is 12.8 Å². The van der Waals surface area contributed by atoms with Crippen molar-refractivity contribution in [3.05, 3.63) is 46.5 Å². The summed E-state index contributed by atoms with van der Waals surface area (Å²) in [7, 11) is 1.89. The fourth-order valence-electron chi connectivity index (χ4n) is 2.07. The number of benzene rings is 1. The molecule has 1 aromatic heterocycles. The highest BCUT2D eigenvalue weighted by molar-refractivity contribution is 7.80. The average molecular weight is 292 g/mol. The number of thiocarbonyl (C=S) groups is 1. The molecule has 0 amide bonds. The molecule has 0 radical (unpaired) electrons. The van der Waals surface area contributed by atoms with E-state index in [2.05, 4.69) is 10.4 Å². The monoisotopic (exact) mass is 292 g/mol. The molecule has 2 aromatic rings. The molecule has 0 aliphatic carbocycles. The van der Waals surface area contributed by atoms with Gasteiger partial charge in [0.05, 0.1) is 11.4 Å². The fourth-order valence-corrected chi connectivity index (χ4v) is 2.20. The van der Waals surface area contributed by atoms with Crippen molar-refractivity contribution in [3.63, 3.8) is 0 Å². The van der Waals surface area contributed by atoms with Crippen molar-refractivity contribution in [2.45, 2.75) is 20.4 Å². The molecule has 1 heterocycles. The number of nitrogens with zero attached hydrogens (tertiary/aromatic N) is 2. The van der Waals surface area contributed by atoms with Crippen LogP contribution in [0.3, 0.4) is 0 Å². The molecule has 2 rings (SSSR count). The molecule has 3 N–H and O–H groups in total. The zero-order valence-corrected chi connectivity index (χ0v) is 12.5. The summed E-state index contributed by atoms with van der Waals surface area (Å²) in [6.07, 6.45) is 0. The van der Waals surface area contributed by atoms with E-state index in [1.807, 2.05) is 25.6 Å². The van der Waals surface area contributed by atoms with Gasteiger partial charge < -0.3 is 11.1 Å². The number of rotatable bonds is 4. The Morgan fingerprint density at radius 1 is 1.45 bits per heavy atom. The zero-order valence-electron chi connectivity index (χ0n) is 11.7. The highest BCUT2D eigenvalue weighted by Crippen LogP contribution is 2.19. The molecule has 0 saturated heterocycles. The molecule has 0 aliphatic heterocycles. The molecule has 6 heteroatoms. The van der Waals surface area contributed by atoms with E-state index >= 15 is 0 Å². The number of aryl methyl sites for hydroxylation is 2. The Morgan fingerprint density at radius 2 is 2.15 bits per heavy atom. The third-order valence-corrected chi connectivity index (χ3v) is 3.60. The average Bonchev–Trinajstić information content (AvgIpc) is 2.62. The Morgan fingerprint density at radius 3 is 2.65 bits per heavy atom. The number of hydrogen-bond acceptors (Lipinski definition) is 3. The van der Waals surface area contributed by atoms with Gasteiger partial charge in [0.1, 0.15) is 10.8 Å². The summed E-state index contributed by atoms with van der Waals surface area (Å²) in [5, 5.41) is 7.41. The second kappa shape index (κ2) is 5.58. The van der Waals surface area contributed by atoms with Gasteiger partial charge in [-0.15, -0.1) is 0 Å². The van der Waals surface area contributed by atoms with Crippen LogP contribution in [0.5, 0.6) is 0 Å².